The van der Waals surface area contributed by atoms with Gasteiger partial charge in [-0.15, -0.1) is 0 Å². The molecule has 82 valence electrons. The topological polar surface area (TPSA) is 80.5 Å². The van der Waals surface area contributed by atoms with Crippen LogP contribution in [0.1, 0.15) is 5.56 Å². The first-order valence-corrected chi connectivity index (χ1v) is 5.49. The first kappa shape index (κ1) is 11.4. The van der Waals surface area contributed by atoms with Gasteiger partial charge in [0.25, 0.3) is 0 Å². The van der Waals surface area contributed by atoms with E-state index < -0.39 is 15.1 Å². The number of nitro groups is 1. The Hall–Kier alpha value is -1.63. The zero-order chi connectivity index (χ0) is 11.6. The zero-order valence-corrected chi connectivity index (χ0v) is 9.06. The van der Waals surface area contributed by atoms with Gasteiger partial charge in [0.1, 0.15) is 0 Å². The minimum Gasteiger partial charge on any atom is -0.234 e. The van der Waals surface area contributed by atoms with Crippen molar-refractivity contribution < 1.29 is 13.5 Å². The van der Waals surface area contributed by atoms with Crippen molar-refractivity contribution in [2.24, 2.45) is 0 Å². The second kappa shape index (κ2) is 3.85. The molecule has 1 aromatic carbocycles. The number of rotatable bonds is 3. The van der Waals surface area contributed by atoms with E-state index in [-0.39, 0.29) is 9.31 Å². The molecule has 7 heteroatoms. The number of sulfonamides is 1. The Morgan fingerprint density at radius 3 is 2.13 bits per heavy atom. The van der Waals surface area contributed by atoms with Crippen LogP contribution in [0.15, 0.2) is 29.2 Å². The van der Waals surface area contributed by atoms with Crippen LogP contribution in [0, 0.1) is 17.0 Å². The van der Waals surface area contributed by atoms with Crippen molar-refractivity contribution >= 4 is 10.0 Å². The Morgan fingerprint density at radius 2 is 1.73 bits per heavy atom. The monoisotopic (exact) mass is 230 g/mol. The van der Waals surface area contributed by atoms with Crippen molar-refractivity contribution in [1.82, 2.24) is 4.41 Å². The molecule has 0 atom stereocenters. The molecule has 0 unspecified atom stereocenters. The average Bonchev–Trinajstić information content (AvgIpc) is 2.17. The third-order valence-corrected chi connectivity index (χ3v) is 3.59. The molecule has 15 heavy (non-hydrogen) atoms. The van der Waals surface area contributed by atoms with Crippen molar-refractivity contribution in [3.05, 3.63) is 39.9 Å². The van der Waals surface area contributed by atoms with Gasteiger partial charge in [0.05, 0.1) is 11.9 Å². The number of aryl methyl sites for hydroxylation is 1. The third kappa shape index (κ3) is 2.24. The van der Waals surface area contributed by atoms with E-state index in [1.165, 1.54) is 12.1 Å². The summed E-state index contributed by atoms with van der Waals surface area (Å²) in [6.45, 7) is 1.80. The van der Waals surface area contributed by atoms with Crippen LogP contribution in [-0.4, -0.2) is 24.9 Å². The highest BCUT2D eigenvalue weighted by Crippen LogP contribution is 2.14. The molecule has 0 heterocycles. The summed E-state index contributed by atoms with van der Waals surface area (Å²) in [4.78, 5) is 10.2. The second-order valence-corrected chi connectivity index (χ2v) is 4.94. The van der Waals surface area contributed by atoms with Crippen LogP contribution in [0.4, 0.5) is 0 Å². The number of nitrogens with zero attached hydrogens (tertiary/aromatic N) is 2. The lowest BCUT2D eigenvalue weighted by Crippen LogP contribution is -2.32. The molecule has 0 aliphatic heterocycles. The fourth-order valence-corrected chi connectivity index (χ4v) is 1.91. The first-order chi connectivity index (χ1) is 6.85. The Morgan fingerprint density at radius 1 is 1.27 bits per heavy atom. The second-order valence-electron chi connectivity index (χ2n) is 2.99. The molecule has 0 radical (unpaired) electrons. The molecule has 0 spiro atoms. The van der Waals surface area contributed by atoms with Gasteiger partial charge in [0, 0.05) is 0 Å². The van der Waals surface area contributed by atoms with E-state index in [0.717, 1.165) is 12.6 Å². The molecule has 0 saturated heterocycles. The Balaban J connectivity index is 3.17. The lowest BCUT2D eigenvalue weighted by atomic mass is 10.2. The average molecular weight is 230 g/mol. The van der Waals surface area contributed by atoms with Gasteiger partial charge in [-0.05, 0) is 23.5 Å². The maximum atomic E-state index is 11.6. The van der Waals surface area contributed by atoms with E-state index in [1.807, 2.05) is 0 Å². The number of benzene rings is 1. The normalized spacial score (nSPS) is 11.1. The van der Waals surface area contributed by atoms with Crippen LogP contribution in [0.5, 0.6) is 0 Å². The summed E-state index contributed by atoms with van der Waals surface area (Å²) < 4.78 is 23.2. The molecule has 0 aliphatic carbocycles. The van der Waals surface area contributed by atoms with Crippen LogP contribution >= 0.6 is 0 Å². The van der Waals surface area contributed by atoms with Crippen molar-refractivity contribution in [1.29, 1.82) is 0 Å². The summed E-state index contributed by atoms with van der Waals surface area (Å²) in [5.74, 6) is 0. The van der Waals surface area contributed by atoms with Crippen molar-refractivity contribution in [2.45, 2.75) is 11.8 Å². The minimum absolute atomic E-state index is 0.0905. The lowest BCUT2D eigenvalue weighted by molar-refractivity contribution is -0.613. The van der Waals surface area contributed by atoms with Gasteiger partial charge in [0.2, 0.25) is 0 Å². The van der Waals surface area contributed by atoms with E-state index in [2.05, 4.69) is 0 Å². The van der Waals surface area contributed by atoms with Crippen molar-refractivity contribution in [3.8, 4) is 0 Å². The van der Waals surface area contributed by atoms with Crippen LogP contribution in [0.3, 0.4) is 0 Å². The molecule has 0 bridgehead atoms. The van der Waals surface area contributed by atoms with Gasteiger partial charge >= 0.3 is 10.0 Å². The standard InChI is InChI=1S/C8H10N2O4S/c1-7-3-5-8(6-4-7)15(13,14)9(2)10(11)12/h3-6H,1-2H3. The van der Waals surface area contributed by atoms with E-state index in [4.69, 9.17) is 0 Å². The Bertz CT molecular complexity index is 466. The van der Waals surface area contributed by atoms with Gasteiger partial charge in [-0.3, -0.25) is 0 Å². The molecule has 1 rings (SSSR count). The summed E-state index contributed by atoms with van der Waals surface area (Å²) in [5, 5.41) is 9.36. The predicted molar refractivity (Wildman–Crippen MR) is 53.1 cm³/mol. The summed E-state index contributed by atoms with van der Waals surface area (Å²) in [7, 11) is -3.12. The van der Waals surface area contributed by atoms with Crippen LogP contribution < -0.4 is 0 Å². The van der Waals surface area contributed by atoms with Gasteiger partial charge < -0.3 is 0 Å². The van der Waals surface area contributed by atoms with Gasteiger partial charge in [0.15, 0.2) is 5.03 Å². The summed E-state index contributed by atoms with van der Waals surface area (Å²) >= 11 is 0. The molecule has 6 nitrogen and oxygen atoms in total. The summed E-state index contributed by atoms with van der Waals surface area (Å²) in [6, 6.07) is 5.84. The smallest absolute Gasteiger partial charge is 0.234 e. The van der Waals surface area contributed by atoms with Gasteiger partial charge in [-0.25, -0.2) is 10.1 Å². The molecule has 0 saturated carbocycles. The highest BCUT2D eigenvalue weighted by atomic mass is 32.2. The fourth-order valence-electron chi connectivity index (χ4n) is 0.951. The molecule has 1 aromatic rings. The molecular formula is C8H10N2O4S. The highest BCUT2D eigenvalue weighted by molar-refractivity contribution is 7.89. The van der Waals surface area contributed by atoms with Crippen LogP contribution in [0.25, 0.3) is 0 Å². The maximum absolute atomic E-state index is 11.6. The number of hydrogen-bond acceptors (Lipinski definition) is 4. The quantitative estimate of drug-likeness (QED) is 0.568. The first-order valence-electron chi connectivity index (χ1n) is 4.05. The van der Waals surface area contributed by atoms with Gasteiger partial charge in [-0.1, -0.05) is 17.7 Å². The number of hydrazine groups is 1. The Labute approximate surface area is 87.3 Å². The van der Waals surface area contributed by atoms with E-state index in [9.17, 15) is 18.5 Å². The molecular weight excluding hydrogens is 220 g/mol. The lowest BCUT2D eigenvalue weighted by Gasteiger charge is -2.08. The van der Waals surface area contributed by atoms with E-state index >= 15 is 0 Å². The van der Waals surface area contributed by atoms with Crippen LogP contribution in [-0.2, 0) is 10.0 Å². The molecule has 0 aromatic heterocycles. The Kier molecular flexibility index (Phi) is 2.94. The fraction of sp³-hybridized carbons (Fsp3) is 0.250. The SMILES string of the molecule is Cc1ccc(S(=O)(=O)N(C)[N+](=O)[O-])cc1. The summed E-state index contributed by atoms with van der Waals surface area (Å²) in [5.41, 5.74) is 0.887. The van der Waals surface area contributed by atoms with Crippen LogP contribution in [0.2, 0.25) is 0 Å². The summed E-state index contributed by atoms with van der Waals surface area (Å²) in [6.07, 6.45) is 0. The largest absolute Gasteiger partial charge is 0.313 e. The predicted octanol–water partition coefficient (Wildman–Crippen LogP) is 0.807. The molecule has 0 amide bonds. The molecule has 0 aliphatic rings. The molecule has 0 fully saturated rings. The van der Waals surface area contributed by atoms with Gasteiger partial charge in [-0.2, -0.15) is 8.42 Å². The van der Waals surface area contributed by atoms with E-state index in [1.54, 1.807) is 19.1 Å². The van der Waals surface area contributed by atoms with Crippen molar-refractivity contribution in [2.75, 3.05) is 7.05 Å². The number of hydrogen-bond donors (Lipinski definition) is 0. The van der Waals surface area contributed by atoms with Crippen molar-refractivity contribution in [3.63, 3.8) is 0 Å². The highest BCUT2D eigenvalue weighted by Gasteiger charge is 2.27. The third-order valence-electron chi connectivity index (χ3n) is 1.90. The van der Waals surface area contributed by atoms with E-state index in [0.29, 0.717) is 0 Å². The molecule has 0 N–H and O–H groups in total. The zero-order valence-electron chi connectivity index (χ0n) is 8.25. The maximum Gasteiger partial charge on any atom is 0.313 e. The minimum atomic E-state index is -4.02.